The van der Waals surface area contributed by atoms with E-state index in [4.69, 9.17) is 10.5 Å². The molecule has 66 valence electrons. The molecule has 3 heteroatoms. The highest BCUT2D eigenvalue weighted by atomic mass is 16.5. The molecular formula is C10H8O3. The molecular weight excluding hydrogens is 168 g/mol. The van der Waals surface area contributed by atoms with Crippen LogP contribution in [0.5, 0.6) is 5.75 Å². The lowest BCUT2D eigenvalue weighted by molar-refractivity contribution is 0.414. The van der Waals surface area contributed by atoms with Crippen LogP contribution in [0, 0.1) is 0 Å². The van der Waals surface area contributed by atoms with Crippen molar-refractivity contribution in [2.24, 2.45) is 0 Å². The van der Waals surface area contributed by atoms with Crippen LogP contribution in [0.4, 0.5) is 0 Å². The summed E-state index contributed by atoms with van der Waals surface area (Å²) >= 11 is 0. The lowest BCUT2D eigenvalue weighted by Gasteiger charge is -1.99. The van der Waals surface area contributed by atoms with Gasteiger partial charge in [0.1, 0.15) is 11.3 Å². The van der Waals surface area contributed by atoms with E-state index in [0.29, 0.717) is 16.7 Å². The van der Waals surface area contributed by atoms with Gasteiger partial charge in [-0.3, -0.25) is 0 Å². The summed E-state index contributed by atoms with van der Waals surface area (Å²) in [7, 11) is 1.53. The Bertz CT molecular complexity index is 530. The fraction of sp³-hybridized carbons (Fsp3) is 0.100. The van der Waals surface area contributed by atoms with E-state index in [1.807, 2.05) is 0 Å². The van der Waals surface area contributed by atoms with Crippen LogP contribution in [0.3, 0.4) is 0 Å². The second kappa shape index (κ2) is 2.94. The first-order chi connectivity index (χ1) is 6.70. The Morgan fingerprint density at radius 3 is 3.08 bits per heavy atom. The molecule has 0 amide bonds. The Balaban J connectivity index is 2.82. The zero-order valence-electron chi connectivity index (χ0n) is 8.03. The van der Waals surface area contributed by atoms with Crippen molar-refractivity contribution in [3.8, 4) is 5.75 Å². The third-order valence-electron chi connectivity index (χ3n) is 1.74. The molecule has 0 N–H and O–H groups in total. The van der Waals surface area contributed by atoms with Gasteiger partial charge in [0.25, 0.3) is 0 Å². The zero-order chi connectivity index (χ0) is 10.1. The number of methoxy groups -OCH3 is 1. The number of fused-ring (bicyclic) bond motifs is 1. The second-order valence-corrected chi connectivity index (χ2v) is 2.57. The molecule has 0 spiro atoms. The predicted octanol–water partition coefficient (Wildman–Crippen LogP) is 1.80. The highest BCUT2D eigenvalue weighted by Crippen LogP contribution is 2.18. The Morgan fingerprint density at radius 1 is 1.46 bits per heavy atom. The fourth-order valence-electron chi connectivity index (χ4n) is 1.11. The molecule has 2 rings (SSSR count). The van der Waals surface area contributed by atoms with Gasteiger partial charge in [0, 0.05) is 17.5 Å². The minimum absolute atomic E-state index is 0.166. The van der Waals surface area contributed by atoms with E-state index in [0.717, 1.165) is 6.07 Å². The third kappa shape index (κ3) is 1.40. The molecule has 2 aromatic rings. The van der Waals surface area contributed by atoms with Crippen LogP contribution >= 0.6 is 0 Å². The lowest BCUT2D eigenvalue weighted by atomic mass is 10.2. The average molecular weight is 177 g/mol. The summed E-state index contributed by atoms with van der Waals surface area (Å²) in [5, 5.41) is 0.602. The summed E-state index contributed by atoms with van der Waals surface area (Å²) in [5.41, 5.74) is -0.141. The highest BCUT2D eigenvalue weighted by Gasteiger charge is 1.98. The van der Waals surface area contributed by atoms with Gasteiger partial charge in [-0.05, 0) is 18.2 Å². The molecule has 1 aromatic carbocycles. The van der Waals surface area contributed by atoms with Crippen molar-refractivity contribution in [3.63, 3.8) is 0 Å². The third-order valence-corrected chi connectivity index (χ3v) is 1.74. The van der Waals surface area contributed by atoms with Gasteiger partial charge in [-0.25, -0.2) is 4.79 Å². The number of rotatable bonds is 1. The van der Waals surface area contributed by atoms with E-state index >= 15 is 0 Å². The maximum atomic E-state index is 11.0. The van der Waals surface area contributed by atoms with Crippen molar-refractivity contribution in [1.82, 2.24) is 0 Å². The van der Waals surface area contributed by atoms with Gasteiger partial charge in [-0.1, -0.05) is 0 Å². The summed E-state index contributed by atoms with van der Waals surface area (Å²) in [6.07, 6.45) is 0. The second-order valence-electron chi connectivity index (χ2n) is 2.57. The molecule has 0 saturated carbocycles. The highest BCUT2D eigenvalue weighted by molar-refractivity contribution is 5.77. The van der Waals surface area contributed by atoms with Crippen LogP contribution in [0.1, 0.15) is 1.37 Å². The number of benzene rings is 1. The molecule has 0 fully saturated rings. The molecule has 0 aliphatic carbocycles. The molecule has 3 nitrogen and oxygen atoms in total. The molecule has 0 aliphatic heterocycles. The van der Waals surface area contributed by atoms with Crippen molar-refractivity contribution in [3.05, 3.63) is 40.7 Å². The van der Waals surface area contributed by atoms with Crippen molar-refractivity contribution >= 4 is 11.0 Å². The predicted molar refractivity (Wildman–Crippen MR) is 49.0 cm³/mol. The number of hydrogen-bond donors (Lipinski definition) is 0. The maximum Gasteiger partial charge on any atom is 0.336 e. The minimum Gasteiger partial charge on any atom is -0.497 e. The van der Waals surface area contributed by atoms with Gasteiger partial charge < -0.3 is 9.15 Å². The SMILES string of the molecule is [2H]c1cc(=O)oc2cc(OC)ccc12. The van der Waals surface area contributed by atoms with Crippen molar-refractivity contribution in [2.75, 3.05) is 7.11 Å². The summed E-state index contributed by atoms with van der Waals surface area (Å²) in [5.74, 6) is 0.603. The van der Waals surface area contributed by atoms with Crippen LogP contribution in [0.25, 0.3) is 11.0 Å². The fourth-order valence-corrected chi connectivity index (χ4v) is 1.11. The monoisotopic (exact) mass is 177 g/mol. The molecule has 0 atom stereocenters. The Morgan fingerprint density at radius 2 is 2.31 bits per heavy atom. The normalized spacial score (nSPS) is 11.3. The summed E-state index contributed by atoms with van der Waals surface area (Å²) in [4.78, 5) is 11.0. The molecule has 0 saturated heterocycles. The first-order valence-electron chi connectivity index (χ1n) is 4.29. The van der Waals surface area contributed by atoms with E-state index < -0.39 is 5.63 Å². The first kappa shape index (κ1) is 6.71. The van der Waals surface area contributed by atoms with Crippen LogP contribution < -0.4 is 10.4 Å². The summed E-state index contributed by atoms with van der Waals surface area (Å²) < 4.78 is 17.4. The van der Waals surface area contributed by atoms with Gasteiger partial charge in [-0.15, -0.1) is 0 Å². The van der Waals surface area contributed by atoms with E-state index in [2.05, 4.69) is 0 Å². The van der Waals surface area contributed by atoms with Crippen molar-refractivity contribution in [1.29, 1.82) is 0 Å². The van der Waals surface area contributed by atoms with Crippen LogP contribution in [-0.4, -0.2) is 7.11 Å². The topological polar surface area (TPSA) is 39.4 Å². The Hall–Kier alpha value is -1.77. The molecule has 0 radical (unpaired) electrons. The molecule has 1 aromatic heterocycles. The van der Waals surface area contributed by atoms with E-state index in [9.17, 15) is 4.79 Å². The van der Waals surface area contributed by atoms with E-state index in [1.54, 1.807) is 18.2 Å². The van der Waals surface area contributed by atoms with E-state index in [1.165, 1.54) is 7.11 Å². The number of ether oxygens (including phenoxy) is 1. The van der Waals surface area contributed by atoms with Gasteiger partial charge in [0.15, 0.2) is 0 Å². The Kier molecular flexibility index (Phi) is 1.52. The van der Waals surface area contributed by atoms with Crippen LogP contribution in [0.15, 0.2) is 39.5 Å². The molecule has 0 unspecified atom stereocenters. The standard InChI is InChI=1S/C10H8O3/c1-12-8-4-2-7-3-5-10(11)13-9(7)6-8/h2-6H,1H3/i3D. The van der Waals surface area contributed by atoms with Crippen molar-refractivity contribution in [2.45, 2.75) is 0 Å². The van der Waals surface area contributed by atoms with Gasteiger partial charge in [0.05, 0.1) is 8.48 Å². The van der Waals surface area contributed by atoms with Crippen molar-refractivity contribution < 1.29 is 10.5 Å². The van der Waals surface area contributed by atoms with E-state index in [-0.39, 0.29) is 6.04 Å². The van der Waals surface area contributed by atoms with Gasteiger partial charge >= 0.3 is 5.63 Å². The smallest absolute Gasteiger partial charge is 0.336 e. The summed E-state index contributed by atoms with van der Waals surface area (Å²) in [6, 6.07) is 6.32. The maximum absolute atomic E-state index is 11.0. The van der Waals surface area contributed by atoms with Crippen LogP contribution in [0.2, 0.25) is 0 Å². The van der Waals surface area contributed by atoms with Crippen LogP contribution in [-0.2, 0) is 0 Å². The number of hydrogen-bond acceptors (Lipinski definition) is 3. The molecule has 13 heavy (non-hydrogen) atoms. The first-order valence-corrected chi connectivity index (χ1v) is 3.79. The summed E-state index contributed by atoms with van der Waals surface area (Å²) in [6.45, 7) is 0. The molecule has 0 bridgehead atoms. The molecule has 1 heterocycles. The largest absolute Gasteiger partial charge is 0.497 e. The Labute approximate surface area is 76.0 Å². The average Bonchev–Trinajstić information content (AvgIpc) is 2.16. The lowest BCUT2D eigenvalue weighted by Crippen LogP contribution is -1.94. The molecule has 0 aliphatic rings. The van der Waals surface area contributed by atoms with Gasteiger partial charge in [0.2, 0.25) is 0 Å². The van der Waals surface area contributed by atoms with Gasteiger partial charge in [-0.2, -0.15) is 0 Å². The quantitative estimate of drug-likeness (QED) is 0.623. The zero-order valence-corrected chi connectivity index (χ0v) is 7.03. The minimum atomic E-state index is -0.518.